The number of nitriles is 1. The van der Waals surface area contributed by atoms with Crippen molar-refractivity contribution in [3.8, 4) is 6.07 Å². The molecule has 1 aromatic rings. The number of benzene rings is 1. The normalized spacial score (nSPS) is 9.69. The molecule has 0 spiro atoms. The molecule has 1 nitrogen and oxygen atoms in total. The Labute approximate surface area is 95.4 Å². The van der Waals surface area contributed by atoms with Crippen molar-refractivity contribution in [3.63, 3.8) is 0 Å². The molecule has 0 aliphatic carbocycles. The Morgan fingerprint density at radius 3 is 2.23 bits per heavy atom. The second-order valence-electron chi connectivity index (χ2n) is 2.51. The molecule has 0 saturated carbocycles. The molecule has 0 aliphatic heterocycles. The summed E-state index contributed by atoms with van der Waals surface area (Å²) < 4.78 is 0. The summed E-state index contributed by atoms with van der Waals surface area (Å²) in [6.07, 6.45) is 0.250. The minimum absolute atomic E-state index is 0.250. The molecule has 13 heavy (non-hydrogen) atoms. The molecule has 0 saturated heterocycles. The van der Waals surface area contributed by atoms with Crippen molar-refractivity contribution >= 4 is 39.1 Å². The highest BCUT2D eigenvalue weighted by molar-refractivity contribution is 9.08. The second-order valence-corrected chi connectivity index (χ2v) is 3.88. The van der Waals surface area contributed by atoms with E-state index in [2.05, 4.69) is 15.9 Å². The van der Waals surface area contributed by atoms with Crippen molar-refractivity contribution in [1.29, 1.82) is 5.26 Å². The third-order valence-corrected chi connectivity index (χ3v) is 2.93. The first-order chi connectivity index (χ1) is 6.19. The van der Waals surface area contributed by atoms with Gasteiger partial charge in [-0.2, -0.15) is 5.26 Å². The van der Waals surface area contributed by atoms with Crippen molar-refractivity contribution in [2.45, 2.75) is 11.8 Å². The zero-order valence-corrected chi connectivity index (χ0v) is 9.75. The van der Waals surface area contributed by atoms with Crippen molar-refractivity contribution < 1.29 is 0 Å². The SMILES string of the molecule is N#CCc1c(Cl)cc(CBr)cc1Cl. The summed E-state index contributed by atoms with van der Waals surface area (Å²) in [6.45, 7) is 0. The molecule has 0 amide bonds. The molecule has 1 aromatic carbocycles. The van der Waals surface area contributed by atoms with E-state index in [1.54, 1.807) is 0 Å². The van der Waals surface area contributed by atoms with Gasteiger partial charge >= 0.3 is 0 Å². The van der Waals surface area contributed by atoms with Gasteiger partial charge in [0.15, 0.2) is 0 Å². The molecule has 0 atom stereocenters. The van der Waals surface area contributed by atoms with Crippen LogP contribution in [0.5, 0.6) is 0 Å². The van der Waals surface area contributed by atoms with Crippen molar-refractivity contribution in [2.75, 3.05) is 0 Å². The smallest absolute Gasteiger partial charge is 0.0670 e. The monoisotopic (exact) mass is 277 g/mol. The maximum absolute atomic E-state index is 8.52. The Balaban J connectivity index is 3.16. The lowest BCUT2D eigenvalue weighted by Gasteiger charge is -2.04. The van der Waals surface area contributed by atoms with Gasteiger partial charge in [-0.15, -0.1) is 0 Å². The molecule has 0 N–H and O–H groups in total. The number of nitrogens with zero attached hydrogens (tertiary/aromatic N) is 1. The quantitative estimate of drug-likeness (QED) is 0.752. The summed E-state index contributed by atoms with van der Waals surface area (Å²) in [5.74, 6) is 0. The van der Waals surface area contributed by atoms with E-state index < -0.39 is 0 Å². The van der Waals surface area contributed by atoms with Gasteiger partial charge in [0.25, 0.3) is 0 Å². The average molecular weight is 279 g/mol. The highest BCUT2D eigenvalue weighted by Crippen LogP contribution is 2.27. The van der Waals surface area contributed by atoms with Crippen LogP contribution in [0.25, 0.3) is 0 Å². The molecule has 0 heterocycles. The number of halogens is 3. The molecule has 0 unspecified atom stereocenters. The standard InChI is InChI=1S/C9H6BrCl2N/c10-5-6-3-8(11)7(1-2-13)9(12)4-6/h3-4H,1,5H2. The summed E-state index contributed by atoms with van der Waals surface area (Å²) in [6, 6.07) is 5.65. The summed E-state index contributed by atoms with van der Waals surface area (Å²) in [4.78, 5) is 0. The fraction of sp³-hybridized carbons (Fsp3) is 0.222. The Morgan fingerprint density at radius 2 is 1.85 bits per heavy atom. The first-order valence-corrected chi connectivity index (χ1v) is 5.46. The maximum atomic E-state index is 8.52. The van der Waals surface area contributed by atoms with Crippen LogP contribution in [0, 0.1) is 11.3 Å². The lowest BCUT2D eigenvalue weighted by atomic mass is 10.1. The van der Waals surface area contributed by atoms with Gasteiger partial charge in [0, 0.05) is 20.9 Å². The van der Waals surface area contributed by atoms with Gasteiger partial charge in [-0.05, 0) is 17.7 Å². The largest absolute Gasteiger partial charge is 0.198 e. The molecule has 4 heteroatoms. The summed E-state index contributed by atoms with van der Waals surface area (Å²) in [7, 11) is 0. The van der Waals surface area contributed by atoms with Crippen LogP contribution in [0.1, 0.15) is 11.1 Å². The highest BCUT2D eigenvalue weighted by atomic mass is 79.9. The van der Waals surface area contributed by atoms with Gasteiger partial charge in [0.1, 0.15) is 0 Å². The Kier molecular flexibility index (Phi) is 4.05. The molecule has 0 fully saturated rings. The minimum Gasteiger partial charge on any atom is -0.198 e. The van der Waals surface area contributed by atoms with Crippen LogP contribution in [0.3, 0.4) is 0 Å². The summed E-state index contributed by atoms with van der Waals surface area (Å²) in [5.41, 5.74) is 1.72. The predicted molar refractivity (Wildman–Crippen MR) is 58.4 cm³/mol. The molecule has 1 rings (SSSR count). The number of hydrogen-bond acceptors (Lipinski definition) is 1. The first-order valence-electron chi connectivity index (χ1n) is 3.58. The van der Waals surface area contributed by atoms with Crippen molar-refractivity contribution in [1.82, 2.24) is 0 Å². The fourth-order valence-electron chi connectivity index (χ4n) is 0.981. The second kappa shape index (κ2) is 4.85. The van der Waals surface area contributed by atoms with Crippen LogP contribution in [-0.4, -0.2) is 0 Å². The molecule has 0 bridgehead atoms. The van der Waals surface area contributed by atoms with Crippen LogP contribution >= 0.6 is 39.1 Å². The summed E-state index contributed by atoms with van der Waals surface area (Å²) >= 11 is 15.2. The van der Waals surface area contributed by atoms with Crippen LogP contribution in [0.15, 0.2) is 12.1 Å². The summed E-state index contributed by atoms with van der Waals surface area (Å²) in [5, 5.41) is 10.3. The van der Waals surface area contributed by atoms with E-state index in [9.17, 15) is 0 Å². The molecule has 0 aromatic heterocycles. The molecular weight excluding hydrogens is 273 g/mol. The average Bonchev–Trinajstić information content (AvgIpc) is 2.11. The third kappa shape index (κ3) is 2.60. The Morgan fingerprint density at radius 1 is 1.31 bits per heavy atom. The van der Waals surface area contributed by atoms with Crippen LogP contribution in [0.4, 0.5) is 0 Å². The van der Waals surface area contributed by atoms with Crippen molar-refractivity contribution in [3.05, 3.63) is 33.3 Å². The van der Waals surface area contributed by atoms with Crippen LogP contribution < -0.4 is 0 Å². The third-order valence-electron chi connectivity index (χ3n) is 1.61. The fourth-order valence-corrected chi connectivity index (χ4v) is 1.97. The minimum atomic E-state index is 0.250. The van der Waals surface area contributed by atoms with E-state index >= 15 is 0 Å². The van der Waals surface area contributed by atoms with E-state index in [1.165, 1.54) is 0 Å². The number of rotatable bonds is 2. The number of hydrogen-bond donors (Lipinski definition) is 0. The zero-order valence-electron chi connectivity index (χ0n) is 6.65. The lowest BCUT2D eigenvalue weighted by Crippen LogP contribution is -1.88. The van der Waals surface area contributed by atoms with E-state index in [-0.39, 0.29) is 6.42 Å². The van der Waals surface area contributed by atoms with E-state index in [0.29, 0.717) is 20.9 Å². The van der Waals surface area contributed by atoms with Crippen molar-refractivity contribution in [2.24, 2.45) is 0 Å². The maximum Gasteiger partial charge on any atom is 0.0670 e. The van der Waals surface area contributed by atoms with E-state index in [1.807, 2.05) is 18.2 Å². The van der Waals surface area contributed by atoms with Gasteiger partial charge in [0.05, 0.1) is 12.5 Å². The van der Waals surface area contributed by atoms with Gasteiger partial charge in [0.2, 0.25) is 0 Å². The van der Waals surface area contributed by atoms with E-state index in [0.717, 1.165) is 5.56 Å². The zero-order chi connectivity index (χ0) is 9.84. The Hall–Kier alpha value is -0.230. The van der Waals surface area contributed by atoms with Gasteiger partial charge in [-0.1, -0.05) is 39.1 Å². The van der Waals surface area contributed by atoms with Gasteiger partial charge < -0.3 is 0 Å². The van der Waals surface area contributed by atoms with Gasteiger partial charge in [-0.25, -0.2) is 0 Å². The molecule has 68 valence electrons. The predicted octanol–water partition coefficient (Wildman–Crippen LogP) is 3.95. The lowest BCUT2D eigenvalue weighted by molar-refractivity contribution is 1.25. The number of alkyl halides is 1. The highest BCUT2D eigenvalue weighted by Gasteiger charge is 2.06. The molecule has 0 radical (unpaired) electrons. The van der Waals surface area contributed by atoms with E-state index in [4.69, 9.17) is 28.5 Å². The Bertz CT molecular complexity index is 334. The van der Waals surface area contributed by atoms with Gasteiger partial charge in [-0.3, -0.25) is 0 Å². The molecular formula is C9H6BrCl2N. The molecule has 0 aliphatic rings. The van der Waals surface area contributed by atoms with Crippen LogP contribution in [0.2, 0.25) is 10.0 Å². The first kappa shape index (κ1) is 10.8. The topological polar surface area (TPSA) is 23.8 Å². The van der Waals surface area contributed by atoms with Crippen LogP contribution in [-0.2, 0) is 11.8 Å².